The fraction of sp³-hybridized carbons (Fsp3) is 0.0526. The Hall–Kier alpha value is -3.24. The van der Waals surface area contributed by atoms with Gasteiger partial charge in [-0.1, -0.05) is 24.3 Å². The highest BCUT2D eigenvalue weighted by Crippen LogP contribution is 2.26. The molecule has 0 bridgehead atoms. The third-order valence-electron chi connectivity index (χ3n) is 3.70. The molecule has 0 saturated carbocycles. The third kappa shape index (κ3) is 3.71. The van der Waals surface area contributed by atoms with Crippen LogP contribution in [0.2, 0.25) is 0 Å². The predicted octanol–water partition coefficient (Wildman–Crippen LogP) is 3.87. The number of halogens is 1. The third-order valence-corrected chi connectivity index (χ3v) is 5.06. The smallest absolute Gasteiger partial charge is 0.263 e. The first-order valence-corrected chi connectivity index (χ1v) is 9.14. The molecular weight excluding hydrogens is 353 g/mol. The van der Waals surface area contributed by atoms with Crippen LogP contribution in [0.25, 0.3) is 11.1 Å². The van der Waals surface area contributed by atoms with Crippen LogP contribution in [0.4, 0.5) is 10.2 Å². The highest BCUT2D eigenvalue weighted by Gasteiger charge is 2.17. The largest absolute Gasteiger partial charge is 0.263 e. The fourth-order valence-electron chi connectivity index (χ4n) is 2.42. The van der Waals surface area contributed by atoms with Gasteiger partial charge in [-0.15, -0.1) is 0 Å². The molecule has 7 heteroatoms. The minimum Gasteiger partial charge on any atom is -0.263 e. The van der Waals surface area contributed by atoms with E-state index < -0.39 is 15.8 Å². The Kier molecular flexibility index (Phi) is 4.69. The van der Waals surface area contributed by atoms with E-state index >= 15 is 0 Å². The molecule has 0 amide bonds. The molecule has 0 aliphatic rings. The second-order valence-corrected chi connectivity index (χ2v) is 7.28. The van der Waals surface area contributed by atoms with Gasteiger partial charge in [0.2, 0.25) is 0 Å². The molecule has 26 heavy (non-hydrogen) atoms. The van der Waals surface area contributed by atoms with Crippen LogP contribution in [-0.4, -0.2) is 13.4 Å². The van der Waals surface area contributed by atoms with E-state index in [9.17, 15) is 12.8 Å². The molecule has 0 aliphatic carbocycles. The van der Waals surface area contributed by atoms with Gasteiger partial charge in [0.25, 0.3) is 10.0 Å². The van der Waals surface area contributed by atoms with Crippen molar-refractivity contribution in [3.63, 3.8) is 0 Å². The van der Waals surface area contributed by atoms with Crippen molar-refractivity contribution in [2.24, 2.45) is 0 Å². The fourth-order valence-corrected chi connectivity index (χ4v) is 3.43. The number of hydrogen-bond donors (Lipinski definition) is 1. The zero-order chi connectivity index (χ0) is 18.7. The van der Waals surface area contributed by atoms with Crippen LogP contribution in [0.1, 0.15) is 11.3 Å². The standard InChI is InChI=1S/C19H14FN3O2S/c1-13-3-2-4-19(22-13)23-26(24,25)16-9-10-17(18(20)11-16)15-7-5-14(12-21)6-8-15/h2-11H,1H3,(H,22,23). The van der Waals surface area contributed by atoms with Crippen molar-refractivity contribution in [2.75, 3.05) is 4.72 Å². The molecule has 0 atom stereocenters. The van der Waals surface area contributed by atoms with Crippen LogP contribution < -0.4 is 4.72 Å². The number of sulfonamides is 1. The van der Waals surface area contributed by atoms with Gasteiger partial charge in [0, 0.05) is 11.3 Å². The zero-order valence-corrected chi connectivity index (χ0v) is 14.6. The number of nitrogens with one attached hydrogen (secondary N) is 1. The number of rotatable bonds is 4. The number of nitriles is 1. The lowest BCUT2D eigenvalue weighted by molar-refractivity contribution is 0.596. The van der Waals surface area contributed by atoms with Crippen molar-refractivity contribution >= 4 is 15.8 Å². The van der Waals surface area contributed by atoms with Gasteiger partial charge in [0.1, 0.15) is 11.6 Å². The second kappa shape index (κ2) is 6.94. The topological polar surface area (TPSA) is 82.9 Å². The Morgan fingerprint density at radius 1 is 1.08 bits per heavy atom. The Morgan fingerprint density at radius 3 is 2.42 bits per heavy atom. The average Bonchev–Trinajstić information content (AvgIpc) is 2.61. The van der Waals surface area contributed by atoms with Gasteiger partial charge >= 0.3 is 0 Å². The van der Waals surface area contributed by atoms with Gasteiger partial charge in [-0.2, -0.15) is 5.26 Å². The first-order valence-electron chi connectivity index (χ1n) is 7.65. The van der Waals surface area contributed by atoms with E-state index in [4.69, 9.17) is 5.26 Å². The number of pyridine rings is 1. The number of aryl methyl sites for hydroxylation is 1. The van der Waals surface area contributed by atoms with E-state index in [1.165, 1.54) is 18.2 Å². The lowest BCUT2D eigenvalue weighted by atomic mass is 10.0. The molecule has 5 nitrogen and oxygen atoms in total. The van der Waals surface area contributed by atoms with Gasteiger partial charge in [-0.25, -0.2) is 17.8 Å². The van der Waals surface area contributed by atoms with E-state index in [0.717, 1.165) is 6.07 Å². The maximum atomic E-state index is 14.5. The Labute approximate surface area is 150 Å². The summed E-state index contributed by atoms with van der Waals surface area (Å²) in [4.78, 5) is 3.88. The summed E-state index contributed by atoms with van der Waals surface area (Å²) in [6.07, 6.45) is 0. The SMILES string of the molecule is Cc1cccc(NS(=O)(=O)c2ccc(-c3ccc(C#N)cc3)c(F)c2)n1. The van der Waals surface area contributed by atoms with Gasteiger partial charge in [0.15, 0.2) is 0 Å². The van der Waals surface area contributed by atoms with Crippen molar-refractivity contribution in [3.05, 3.63) is 77.7 Å². The van der Waals surface area contributed by atoms with E-state index in [1.807, 2.05) is 6.07 Å². The summed E-state index contributed by atoms with van der Waals surface area (Å²) >= 11 is 0. The quantitative estimate of drug-likeness (QED) is 0.759. The van der Waals surface area contributed by atoms with Crippen LogP contribution in [0.3, 0.4) is 0 Å². The van der Waals surface area contributed by atoms with Crippen LogP contribution in [0.15, 0.2) is 65.6 Å². The van der Waals surface area contributed by atoms with Crippen molar-refractivity contribution < 1.29 is 12.8 Å². The highest BCUT2D eigenvalue weighted by molar-refractivity contribution is 7.92. The van der Waals surface area contributed by atoms with Crippen LogP contribution in [0.5, 0.6) is 0 Å². The maximum absolute atomic E-state index is 14.5. The molecule has 3 rings (SSSR count). The molecule has 0 spiro atoms. The summed E-state index contributed by atoms with van der Waals surface area (Å²) in [6.45, 7) is 1.74. The van der Waals surface area contributed by atoms with Crippen molar-refractivity contribution in [2.45, 2.75) is 11.8 Å². The van der Waals surface area contributed by atoms with E-state index in [-0.39, 0.29) is 16.3 Å². The van der Waals surface area contributed by atoms with E-state index in [0.29, 0.717) is 16.8 Å². The minimum atomic E-state index is -3.96. The normalized spacial score (nSPS) is 11.0. The van der Waals surface area contributed by atoms with E-state index in [2.05, 4.69) is 9.71 Å². The summed E-state index contributed by atoms with van der Waals surface area (Å²) in [5, 5.41) is 8.81. The predicted molar refractivity (Wildman–Crippen MR) is 96.3 cm³/mol. The first-order chi connectivity index (χ1) is 12.4. The Balaban J connectivity index is 1.92. The van der Waals surface area contributed by atoms with E-state index in [1.54, 1.807) is 43.3 Å². The Morgan fingerprint density at radius 2 is 1.81 bits per heavy atom. The summed E-state index contributed by atoms with van der Waals surface area (Å²) in [5.74, 6) is -0.503. The molecule has 1 N–H and O–H groups in total. The Bertz CT molecular complexity index is 1100. The number of nitrogens with zero attached hydrogens (tertiary/aromatic N) is 2. The van der Waals surface area contributed by atoms with Crippen LogP contribution in [0, 0.1) is 24.1 Å². The molecule has 130 valence electrons. The first kappa shape index (κ1) is 17.6. The molecule has 0 saturated heterocycles. The van der Waals surface area contributed by atoms with Crippen molar-refractivity contribution in [3.8, 4) is 17.2 Å². The number of hydrogen-bond acceptors (Lipinski definition) is 4. The second-order valence-electron chi connectivity index (χ2n) is 5.60. The lowest BCUT2D eigenvalue weighted by Crippen LogP contribution is -2.14. The summed E-state index contributed by atoms with van der Waals surface area (Å²) in [7, 11) is -3.96. The number of benzene rings is 2. The molecule has 0 fully saturated rings. The molecule has 0 radical (unpaired) electrons. The van der Waals surface area contributed by atoms with Gasteiger partial charge in [-0.3, -0.25) is 4.72 Å². The molecular formula is C19H14FN3O2S. The minimum absolute atomic E-state index is 0.168. The molecule has 3 aromatic rings. The number of aromatic nitrogens is 1. The van der Waals surface area contributed by atoms with Gasteiger partial charge < -0.3 is 0 Å². The van der Waals surface area contributed by atoms with Crippen molar-refractivity contribution in [1.82, 2.24) is 4.98 Å². The molecule has 0 aliphatic heterocycles. The van der Waals surface area contributed by atoms with Gasteiger partial charge in [0.05, 0.1) is 16.5 Å². The molecule has 1 aromatic heterocycles. The van der Waals surface area contributed by atoms with Gasteiger partial charge in [-0.05, 0) is 48.9 Å². The van der Waals surface area contributed by atoms with Crippen LogP contribution in [-0.2, 0) is 10.0 Å². The van der Waals surface area contributed by atoms with Crippen molar-refractivity contribution in [1.29, 1.82) is 5.26 Å². The summed E-state index contributed by atoms with van der Waals surface area (Å²) in [6, 6.07) is 17.0. The zero-order valence-electron chi connectivity index (χ0n) is 13.8. The monoisotopic (exact) mass is 367 g/mol. The van der Waals surface area contributed by atoms with Crippen LogP contribution >= 0.6 is 0 Å². The average molecular weight is 367 g/mol. The lowest BCUT2D eigenvalue weighted by Gasteiger charge is -2.10. The summed E-state index contributed by atoms with van der Waals surface area (Å²) in [5.41, 5.74) is 1.93. The molecule has 2 aromatic carbocycles. The maximum Gasteiger partial charge on any atom is 0.263 e. The summed E-state index contributed by atoms with van der Waals surface area (Å²) < 4.78 is 41.7. The molecule has 0 unspecified atom stereocenters. The number of anilines is 1. The molecule has 1 heterocycles. The highest BCUT2D eigenvalue weighted by atomic mass is 32.2.